The van der Waals surface area contributed by atoms with Gasteiger partial charge in [0, 0.05) is 12.4 Å². The van der Waals surface area contributed by atoms with Gasteiger partial charge in [-0.2, -0.15) is 0 Å². The molecule has 0 atom stereocenters. The molecule has 57 heavy (non-hydrogen) atoms. The van der Waals surface area contributed by atoms with Crippen molar-refractivity contribution in [1.82, 2.24) is 9.97 Å². The van der Waals surface area contributed by atoms with Gasteiger partial charge in [0.1, 0.15) is 0 Å². The van der Waals surface area contributed by atoms with Crippen LogP contribution in [0, 0.1) is 0 Å². The normalized spacial score (nSPS) is 15.3. The van der Waals surface area contributed by atoms with Gasteiger partial charge in [-0.05, 0) is 24.3 Å². The molecular weight excluding hydrogens is 1110 g/mol. The molecule has 0 N–H and O–H groups in total. The van der Waals surface area contributed by atoms with E-state index in [-0.39, 0.29) is 0 Å². The summed E-state index contributed by atoms with van der Waals surface area (Å²) in [7, 11) is 0. The summed E-state index contributed by atoms with van der Waals surface area (Å²) in [6.45, 7) is 0. The Balaban J connectivity index is 0.00000113. The van der Waals surface area contributed by atoms with E-state index in [9.17, 15) is 114 Å². The van der Waals surface area contributed by atoms with Crippen molar-refractivity contribution in [1.29, 1.82) is 0 Å². The monoisotopic (exact) mass is 1130 g/mol. The van der Waals surface area contributed by atoms with Crippen molar-refractivity contribution in [3.63, 3.8) is 0 Å². The minimum absolute atomic E-state index is 0.915. The first-order chi connectivity index (χ1) is 24.9. The smallest absolute Gasteiger partial charge is 0.0886 e. The second-order valence-corrected chi connectivity index (χ2v) is 46.5. The number of aromatic nitrogens is 2. The van der Waals surface area contributed by atoms with Crippen LogP contribution in [0.25, 0.3) is 11.4 Å². The number of halogens is 28. The number of hydrogen-bond acceptors (Lipinski definition) is 2. The Morgan fingerprint density at radius 2 is 0.614 bits per heavy atom. The summed E-state index contributed by atoms with van der Waals surface area (Å²) in [5, 5.41) is 0. The third-order valence-electron chi connectivity index (χ3n) is 7.20. The van der Waals surface area contributed by atoms with E-state index in [1.807, 2.05) is 36.4 Å². The van der Waals surface area contributed by atoms with E-state index in [2.05, 4.69) is 35.4 Å². The zero-order chi connectivity index (χ0) is 45.6. The summed E-state index contributed by atoms with van der Waals surface area (Å²) in [5.41, 5.74) is 1.83. The van der Waals surface area contributed by atoms with E-state index in [1.165, 1.54) is 0 Å². The van der Waals surface area contributed by atoms with E-state index in [1.54, 1.807) is 12.4 Å². The molecule has 0 unspecified atom stereocenters. The Hall–Kier alpha value is -1.76. The van der Waals surface area contributed by atoms with Crippen molar-refractivity contribution in [2.24, 2.45) is 0 Å². The first kappa shape index (κ1) is 53.3. The predicted octanol–water partition coefficient (Wildman–Crippen LogP) is 13.6. The van der Waals surface area contributed by atoms with Crippen LogP contribution in [0.3, 0.4) is 0 Å². The fourth-order valence-corrected chi connectivity index (χ4v) is 13.7. The molecule has 0 saturated heterocycles. The van der Waals surface area contributed by atoms with Gasteiger partial charge in [0.2, 0.25) is 0 Å². The number of alkyl halides is 26. The zero-order valence-corrected chi connectivity index (χ0v) is 32.5. The molecule has 2 nitrogen and oxygen atoms in total. The maximum atomic E-state index is 13.9. The van der Waals surface area contributed by atoms with Crippen molar-refractivity contribution in [3.05, 3.63) is 48.8 Å². The summed E-state index contributed by atoms with van der Waals surface area (Å²) in [4.78, 5) is 8.37. The van der Waals surface area contributed by atoms with Gasteiger partial charge in [0.05, 0.1) is 11.4 Å². The van der Waals surface area contributed by atoms with Crippen molar-refractivity contribution in [2.45, 2.75) is 93.3 Å². The van der Waals surface area contributed by atoms with Crippen LogP contribution in [0.1, 0.15) is 12.8 Å². The van der Waals surface area contributed by atoms with Crippen LogP contribution in [0.2, 0.25) is 8.87 Å². The van der Waals surface area contributed by atoms with Gasteiger partial charge in [-0.1, -0.05) is 12.1 Å². The molecule has 2 rings (SSSR count). The van der Waals surface area contributed by atoms with Gasteiger partial charge < -0.3 is 0 Å². The maximum absolute atomic E-state index is 13.9. The molecule has 0 aliphatic carbocycles. The summed E-state index contributed by atoms with van der Waals surface area (Å²) >= 11 is -1.67. The van der Waals surface area contributed by atoms with Gasteiger partial charge in [0.15, 0.2) is 0 Å². The number of hydrogen-bond donors (Lipinski definition) is 0. The summed E-state index contributed by atoms with van der Waals surface area (Å²) in [6.07, 6.45) is -18.2. The third-order valence-corrected chi connectivity index (χ3v) is 23.4. The molecule has 2 aromatic heterocycles. The zero-order valence-electron chi connectivity index (χ0n) is 26.4. The molecular formula is C26H16Br2F26N2Sn. The van der Waals surface area contributed by atoms with Gasteiger partial charge in [0.25, 0.3) is 0 Å². The van der Waals surface area contributed by atoms with Crippen LogP contribution < -0.4 is 0 Å². The maximum Gasteiger partial charge on any atom is 0.0886 e. The van der Waals surface area contributed by atoms with Gasteiger partial charge in [-0.3, -0.25) is 9.97 Å². The Labute approximate surface area is 316 Å². The molecule has 31 heteroatoms. The summed E-state index contributed by atoms with van der Waals surface area (Å²) in [5.74, 6) is -78.7. The van der Waals surface area contributed by atoms with Gasteiger partial charge in [-0.15, -0.1) is 0 Å². The minimum atomic E-state index is -8.32. The van der Waals surface area contributed by atoms with Crippen molar-refractivity contribution in [3.8, 4) is 11.4 Å². The van der Waals surface area contributed by atoms with Crippen LogP contribution in [-0.2, 0) is 0 Å². The van der Waals surface area contributed by atoms with Crippen LogP contribution in [0.15, 0.2) is 48.8 Å². The van der Waals surface area contributed by atoms with E-state index >= 15 is 0 Å². The first-order valence-corrected chi connectivity index (χ1v) is 30.8. The van der Waals surface area contributed by atoms with Gasteiger partial charge in [-0.25, -0.2) is 0 Å². The fourth-order valence-electron chi connectivity index (χ4n) is 3.75. The van der Waals surface area contributed by atoms with Crippen LogP contribution >= 0.6 is 25.4 Å². The van der Waals surface area contributed by atoms with Gasteiger partial charge >= 0.3 is 247 Å². The topological polar surface area (TPSA) is 25.8 Å². The largest absolute Gasteiger partial charge is 0.255 e. The molecule has 0 fully saturated rings. The summed E-state index contributed by atoms with van der Waals surface area (Å²) < 4.78 is 337. The molecule has 0 bridgehead atoms. The Morgan fingerprint density at radius 3 is 0.825 bits per heavy atom. The molecule has 0 aliphatic heterocycles. The fraction of sp³-hybridized carbons (Fsp3) is 0.615. The molecule has 0 amide bonds. The summed E-state index contributed by atoms with van der Waals surface area (Å²) in [6, 6.07) is 11.6. The van der Waals surface area contributed by atoms with Crippen LogP contribution in [0.5, 0.6) is 0 Å². The van der Waals surface area contributed by atoms with E-state index in [0.717, 1.165) is 11.4 Å². The Kier molecular flexibility index (Phi) is 15.5. The Morgan fingerprint density at radius 1 is 0.368 bits per heavy atom. The molecule has 0 aromatic carbocycles. The molecule has 0 aliphatic rings. The van der Waals surface area contributed by atoms with Crippen molar-refractivity contribution >= 4 is 39.3 Å². The second kappa shape index (κ2) is 16.6. The quantitative estimate of drug-likeness (QED) is 0.131. The number of nitrogens with zero attached hydrogens (tertiary/aromatic N) is 2. The average Bonchev–Trinajstić information content (AvgIpc) is 3.06. The third kappa shape index (κ3) is 9.91. The number of rotatable bonds is 15. The molecule has 0 radical (unpaired) electrons. The molecule has 2 aromatic rings. The molecule has 330 valence electrons. The van der Waals surface area contributed by atoms with Crippen molar-refractivity contribution in [2.75, 3.05) is 0 Å². The molecule has 0 spiro atoms. The van der Waals surface area contributed by atoms with Crippen LogP contribution in [0.4, 0.5) is 114 Å². The van der Waals surface area contributed by atoms with E-state index in [4.69, 9.17) is 0 Å². The average molecular weight is 1130 g/mol. The minimum Gasteiger partial charge on any atom is -0.255 e. The Bertz CT molecular complexity index is 1500. The molecule has 0 saturated carbocycles. The molecule has 2 heterocycles. The second-order valence-electron chi connectivity index (χ2n) is 11.3. The first-order valence-electron chi connectivity index (χ1n) is 14.0. The van der Waals surface area contributed by atoms with Crippen molar-refractivity contribution < 1.29 is 114 Å². The SMILES string of the molecule is FC(F)(F)C(F)(F)C(F)(F)C(F)(F)C(F)(F)C(F)(F)C[CH2][Sn]([Br])([Br])[CH2]CC(F)(F)C(F)(F)C(F)(F)C(F)(F)C(F)(F)C(F)(F)F.c1ccc(-c2ccccn2)nc1. The van der Waals surface area contributed by atoms with Crippen LogP contribution in [-0.4, -0.2) is 95.5 Å². The van der Waals surface area contributed by atoms with E-state index in [0.29, 0.717) is 0 Å². The standard InChI is InChI=1S/C10H8N2.2C8H4F13.2BrH.Sn/c1-3-7-11-9(5-1)10-6-2-4-8-12-10;2*1-2-3(9,10)4(11,12)5(13,14)6(15,16)7(17,18)8(19,20)21;;;/h1-8H;2*1-2H2;2*1H;/q;;;;;+2/p-2. The predicted molar refractivity (Wildman–Crippen MR) is 152 cm³/mol. The number of pyridine rings is 2. The van der Waals surface area contributed by atoms with E-state index < -0.39 is 107 Å².